The van der Waals surface area contributed by atoms with E-state index >= 15 is 0 Å². The second-order valence-electron chi connectivity index (χ2n) is 37.1. The summed E-state index contributed by atoms with van der Waals surface area (Å²) >= 11 is 4.55. The fourth-order valence-electron chi connectivity index (χ4n) is 18.3. The first-order chi connectivity index (χ1) is 67.5. The number of phenols is 3. The van der Waals surface area contributed by atoms with Crippen molar-refractivity contribution >= 4 is 83.1 Å². The average Bonchev–Trinajstić information content (AvgIpc) is 1.62. The van der Waals surface area contributed by atoms with Crippen molar-refractivity contribution in [3.05, 3.63) is 298 Å². The van der Waals surface area contributed by atoms with E-state index in [2.05, 4.69) is 147 Å². The number of carbonyl (C=O) groups is 7. The zero-order chi connectivity index (χ0) is 100. The first-order valence-electron chi connectivity index (χ1n) is 47.2. The molecule has 19 rings (SSSR count). The van der Waals surface area contributed by atoms with Crippen molar-refractivity contribution in [2.45, 2.75) is 169 Å². The molecule has 0 atom stereocenters. The molecule has 0 unspecified atom stereocenters. The summed E-state index contributed by atoms with van der Waals surface area (Å²) in [5, 5.41) is 54.3. The minimum Gasteiger partial charge on any atom is -1.00 e. The van der Waals surface area contributed by atoms with Crippen molar-refractivity contribution in [2.24, 2.45) is 15.1 Å². The van der Waals surface area contributed by atoms with E-state index in [0.29, 0.717) is 90.0 Å². The molecule has 740 valence electrons. The number of ketones is 3. The monoisotopic (exact) mass is 2000 g/mol. The zero-order valence-electron chi connectivity index (χ0n) is 84.5. The summed E-state index contributed by atoms with van der Waals surface area (Å²) in [4.78, 5) is 94.4. The number of rotatable bonds is 20. The van der Waals surface area contributed by atoms with E-state index in [-0.39, 0.29) is 170 Å². The van der Waals surface area contributed by atoms with Gasteiger partial charge in [-0.15, -0.1) is 0 Å². The number of methoxy groups -OCH3 is 1. The van der Waals surface area contributed by atoms with Crippen LogP contribution in [0.15, 0.2) is 197 Å². The Labute approximate surface area is 922 Å². The number of nitrogens with one attached hydrogen (secondary N) is 4. The average molecular weight is 2010 g/mol. The van der Waals surface area contributed by atoms with Gasteiger partial charge in [0.05, 0.1) is 52.3 Å². The summed E-state index contributed by atoms with van der Waals surface area (Å²) < 4.78 is 36.5. The van der Waals surface area contributed by atoms with Crippen LogP contribution in [0.25, 0.3) is 29.1 Å². The predicted molar refractivity (Wildman–Crippen MR) is 537 cm³/mol. The van der Waals surface area contributed by atoms with Crippen LogP contribution in [0.5, 0.6) is 34.5 Å². The Balaban J connectivity index is 0.000000195. The Morgan fingerprint density at radius 3 is 1.39 bits per heavy atom. The molecular formula is C109H127ClK2N12O18. The number of carbonyl (C=O) groups excluding carboxylic acids is 7. The summed E-state index contributed by atoms with van der Waals surface area (Å²) in [6.07, 6.45) is 30.4. The van der Waals surface area contributed by atoms with Gasteiger partial charge in [0, 0.05) is 97.2 Å². The Morgan fingerprint density at radius 1 is 0.535 bits per heavy atom. The van der Waals surface area contributed by atoms with Gasteiger partial charge < -0.3 is 81.1 Å². The van der Waals surface area contributed by atoms with Gasteiger partial charge >= 0.3 is 115 Å². The molecule has 7 N–H and O–H groups in total. The number of amides is 2. The van der Waals surface area contributed by atoms with Gasteiger partial charge in [-0.3, -0.25) is 38.7 Å². The minimum absolute atomic E-state index is 0. The Morgan fingerprint density at radius 2 is 0.944 bits per heavy atom. The molecule has 2 amide bonds. The van der Waals surface area contributed by atoms with Crippen molar-refractivity contribution in [2.75, 3.05) is 94.3 Å². The van der Waals surface area contributed by atoms with Gasteiger partial charge in [0.2, 0.25) is 17.3 Å². The summed E-state index contributed by atoms with van der Waals surface area (Å²) in [5.41, 5.74) is 28.4. The maximum Gasteiger partial charge on any atom is 1.00 e. The molecule has 11 aliphatic rings. The Kier molecular flexibility index (Phi) is 44.1. The van der Waals surface area contributed by atoms with E-state index in [1.54, 1.807) is 73.5 Å². The van der Waals surface area contributed by atoms with Crippen LogP contribution in [0.4, 0.5) is 9.59 Å². The molecule has 33 heteroatoms. The van der Waals surface area contributed by atoms with E-state index < -0.39 is 11.2 Å². The molecule has 6 heterocycles. The maximum atomic E-state index is 13.3. The first kappa shape index (κ1) is 114. The third-order valence-electron chi connectivity index (χ3n) is 25.0. The standard InChI is InChI=1S/C31H36N2O5.C25H27N3O3.C17H23NO3.C14H17NO3.C11H13N.C10H8O.CH2O3.ClHN4.2K.H/c1-31(2,3)38-30(36)32(4)18-21-9-8-10-22-20(11-12-23(21)22)17-27-28(35)24-13-14-26(34)25(29(24)37-27)19-33-15-6-5-7-16-33;1-26-14-17-3-2-4-18-16(5-6-19(17)18)13-23-24(30)20-7-8-22(29)21(25(20)31-23)15-28-11-9-27-10-12-28;1-17(2,3)21-16(19)18(4)11-12-7-6-8-14-13(12)9-10-15(14)20-5;16-12-5-4-10-13(17)9-18-14(10)11(12)8-15-6-2-1-3-7-15;1-12-8-10-6-2-4-9-5-3-7-11(9)10;11-7-9-5-1-3-8-4-2-6-10(8)9;2-1-4-3;1-3-5-4-2;;;/h8-11,13-14,17,34H,5-7,12,15-16,18-19H2,1-4H3;2-5,7-8,13,26-27,29H,6,9-12,14-15H2,1H3;6-8,10H,9,11H2,1-5H3;4-5,16H,1-3,6-9H2;2-6,12H,7-8H2,1H3;1-5,7H,6H2;1,3H;2H;;;/q;;;;;;;;2*+1;-1/p-1/b27-17-;23-13-;;;;;;;;;. The molecule has 3 saturated heterocycles. The summed E-state index contributed by atoms with van der Waals surface area (Å²) in [6, 6.07) is 40.5. The van der Waals surface area contributed by atoms with Crippen LogP contribution in [0.3, 0.4) is 0 Å². The SMILES string of the molecule is CN(Cc1cccc2c1CC=C2/C=C1\Oc2c(ccc(O)c2CN2CCCCC2)C1=O)C(=O)OC(C)(C)C.CNCc1cccc2c1CC=C2.CNCc1cccc2c1CC=C2/C=C1\Oc2c(ccc(O)c2CN2CCNCC2)C1=O.COC1=CCc2c(CN(C)C(=O)OC(C)(C)C)cccc21.N=NN=NCl.O=C1COc2c1ccc(O)c2CN1CCCCC1.O=CO[O-].O=Cc1cccc2c1CC=C2.[H-].[K+].[K+]. The van der Waals surface area contributed by atoms with Crippen molar-refractivity contribution in [3.63, 3.8) is 0 Å². The van der Waals surface area contributed by atoms with Gasteiger partial charge in [-0.1, -0.05) is 145 Å². The van der Waals surface area contributed by atoms with E-state index in [0.717, 1.165) is 172 Å². The Bertz CT molecular complexity index is 6130. The number of likely N-dealkylation sites (tertiary alicyclic amines) is 2. The molecule has 8 aromatic carbocycles. The van der Waals surface area contributed by atoms with Gasteiger partial charge in [0.15, 0.2) is 18.1 Å². The quantitative estimate of drug-likeness (QED) is 0.00930. The molecule has 0 saturated carbocycles. The number of hydrogen-bond acceptors (Lipinski definition) is 26. The van der Waals surface area contributed by atoms with Crippen LogP contribution in [0.2, 0.25) is 0 Å². The third-order valence-corrected chi connectivity index (χ3v) is 25.1. The van der Waals surface area contributed by atoms with E-state index in [1.807, 2.05) is 110 Å². The number of benzene rings is 8. The number of hydrogen-bond donors (Lipinski definition) is 7. The molecular weight excluding hydrogens is 1880 g/mol. The second-order valence-corrected chi connectivity index (χ2v) is 37.2. The number of nitrogens with zero attached hydrogens (tertiary/aromatic N) is 8. The molecule has 5 aliphatic carbocycles. The number of allylic oxidation sites excluding steroid dienone is 11. The summed E-state index contributed by atoms with van der Waals surface area (Å²) in [7, 11) is 9.10. The van der Waals surface area contributed by atoms with Crippen LogP contribution >= 0.6 is 11.8 Å². The third kappa shape index (κ3) is 30.4. The smallest absolute Gasteiger partial charge is 1.00 e. The van der Waals surface area contributed by atoms with Crippen molar-refractivity contribution in [1.29, 1.82) is 5.53 Å². The van der Waals surface area contributed by atoms with Gasteiger partial charge in [0.25, 0.3) is 6.47 Å². The van der Waals surface area contributed by atoms with Gasteiger partial charge in [-0.05, 0) is 288 Å². The molecule has 0 bridgehead atoms. The number of phenolic OH excluding ortho intramolecular Hbond substituents is 3. The largest absolute Gasteiger partial charge is 1.00 e. The fraction of sp³-hybridized carbons (Fsp3) is 0.367. The van der Waals surface area contributed by atoms with E-state index in [4.69, 9.17) is 44.0 Å². The predicted octanol–water partition coefficient (Wildman–Crippen LogP) is 12.1. The number of fused-ring (bicyclic) bond motifs is 8. The zero-order valence-corrected chi connectivity index (χ0v) is 90.5. The van der Waals surface area contributed by atoms with Crippen LogP contribution < -0.4 is 138 Å². The molecule has 30 nitrogen and oxygen atoms in total. The molecule has 6 aliphatic heterocycles. The molecule has 0 radical (unpaired) electrons. The number of piperidine rings is 2. The molecule has 142 heavy (non-hydrogen) atoms. The summed E-state index contributed by atoms with van der Waals surface area (Å²) in [6.45, 7) is 23.3. The van der Waals surface area contributed by atoms with Crippen LogP contribution in [-0.4, -0.2) is 188 Å². The number of halogens is 1. The Hall–Kier alpha value is -10.3. The van der Waals surface area contributed by atoms with E-state index in [1.165, 1.54) is 70.2 Å². The number of piperazine rings is 1. The van der Waals surface area contributed by atoms with Crippen molar-refractivity contribution in [1.82, 2.24) is 40.4 Å². The van der Waals surface area contributed by atoms with Gasteiger partial charge in [0.1, 0.15) is 57.7 Å². The molecule has 8 aromatic rings. The second kappa shape index (κ2) is 55.1. The topological polar surface area (TPSA) is 381 Å². The number of Topliss-reactive ketones (excluding diaryl/α,β-unsaturated/α-hetero) is 3. The number of aldehydes is 1. The maximum absolute atomic E-state index is 13.3. The van der Waals surface area contributed by atoms with Crippen LogP contribution in [-0.2, 0) is 102 Å². The van der Waals surface area contributed by atoms with Gasteiger partial charge in [-0.2, -0.15) is 5.53 Å². The van der Waals surface area contributed by atoms with E-state index in [9.17, 15) is 44.1 Å². The minimum atomic E-state index is -0.555. The van der Waals surface area contributed by atoms with Crippen LogP contribution in [0.1, 0.15) is 218 Å². The van der Waals surface area contributed by atoms with Gasteiger partial charge in [-0.25, -0.2) is 9.59 Å². The summed E-state index contributed by atoms with van der Waals surface area (Å²) in [5.74, 6) is 3.32. The van der Waals surface area contributed by atoms with Crippen molar-refractivity contribution < 1.29 is 192 Å². The normalized spacial score (nSPS) is 16.2. The first-order valence-corrected chi connectivity index (χ1v) is 47.6. The molecule has 0 aromatic heterocycles. The number of aromatic hydroxyl groups is 3. The number of ether oxygens (including phenoxy) is 6. The van der Waals surface area contributed by atoms with Crippen LogP contribution in [0, 0.1) is 5.53 Å². The fourth-order valence-corrected chi connectivity index (χ4v) is 18.3. The van der Waals surface area contributed by atoms with Crippen molar-refractivity contribution in [3.8, 4) is 34.5 Å². The molecule has 0 spiro atoms. The molecule has 3 fully saturated rings.